The van der Waals surface area contributed by atoms with Crippen LogP contribution in [-0.2, 0) is 13.1 Å². The van der Waals surface area contributed by atoms with Crippen LogP contribution in [-0.4, -0.2) is 6.54 Å². The molecule has 0 bridgehead atoms. The van der Waals surface area contributed by atoms with Crippen molar-refractivity contribution in [2.24, 2.45) is 5.73 Å². The molecule has 126 valence electrons. The molecule has 1 rings (SSSR count). The Kier molecular flexibility index (Phi) is 12.0. The van der Waals surface area contributed by atoms with Gasteiger partial charge in [0.05, 0.1) is 0 Å². The number of unbranched alkanes of at least 4 members (excludes halogenated alkanes) is 9. The minimum atomic E-state index is 0.635. The number of nitrogens with one attached hydrogen (secondary N) is 1. The van der Waals surface area contributed by atoms with Gasteiger partial charge in [0.25, 0.3) is 0 Å². The van der Waals surface area contributed by atoms with Crippen molar-refractivity contribution in [2.75, 3.05) is 6.54 Å². The summed E-state index contributed by atoms with van der Waals surface area (Å²) in [6.07, 6.45) is 14.0. The summed E-state index contributed by atoms with van der Waals surface area (Å²) in [4.78, 5) is 0. The van der Waals surface area contributed by atoms with Crippen molar-refractivity contribution in [3.05, 3.63) is 35.4 Å². The van der Waals surface area contributed by atoms with E-state index in [1.807, 2.05) is 0 Å². The molecule has 1 aromatic rings. The van der Waals surface area contributed by atoms with Gasteiger partial charge < -0.3 is 11.1 Å². The van der Waals surface area contributed by atoms with Gasteiger partial charge in [0.2, 0.25) is 0 Å². The summed E-state index contributed by atoms with van der Waals surface area (Å²) in [7, 11) is 0. The second-order valence-corrected chi connectivity index (χ2v) is 6.33. The second kappa shape index (κ2) is 13.8. The molecule has 0 radical (unpaired) electrons. The Labute approximate surface area is 137 Å². The summed E-state index contributed by atoms with van der Waals surface area (Å²) in [6.45, 7) is 4.99. The van der Waals surface area contributed by atoms with Gasteiger partial charge in [0.15, 0.2) is 0 Å². The number of benzene rings is 1. The Hall–Kier alpha value is -0.860. The first-order chi connectivity index (χ1) is 10.9. The van der Waals surface area contributed by atoms with Crippen LogP contribution in [0.5, 0.6) is 0 Å². The molecule has 0 saturated heterocycles. The topological polar surface area (TPSA) is 38.0 Å². The van der Waals surface area contributed by atoms with Crippen LogP contribution in [0.25, 0.3) is 0 Å². The molecule has 0 spiro atoms. The minimum absolute atomic E-state index is 0.635. The molecule has 3 N–H and O–H groups in total. The van der Waals surface area contributed by atoms with E-state index in [0.717, 1.165) is 13.1 Å². The van der Waals surface area contributed by atoms with Crippen LogP contribution in [0.4, 0.5) is 0 Å². The Morgan fingerprint density at radius 2 is 1.32 bits per heavy atom. The number of hydrogen-bond acceptors (Lipinski definition) is 2. The average molecular weight is 305 g/mol. The first-order valence-corrected chi connectivity index (χ1v) is 9.36. The second-order valence-electron chi connectivity index (χ2n) is 6.33. The Morgan fingerprint density at radius 3 is 1.91 bits per heavy atom. The zero-order valence-electron chi connectivity index (χ0n) is 14.6. The predicted molar refractivity (Wildman–Crippen MR) is 97.9 cm³/mol. The Morgan fingerprint density at radius 1 is 0.773 bits per heavy atom. The van der Waals surface area contributed by atoms with Gasteiger partial charge in [-0.05, 0) is 24.1 Å². The number of hydrogen-bond donors (Lipinski definition) is 2. The molecule has 2 nitrogen and oxygen atoms in total. The van der Waals surface area contributed by atoms with Crippen molar-refractivity contribution in [3.8, 4) is 0 Å². The fraction of sp³-hybridized carbons (Fsp3) is 0.700. The summed E-state index contributed by atoms with van der Waals surface area (Å²) in [5.41, 5.74) is 8.37. The summed E-state index contributed by atoms with van der Waals surface area (Å²) < 4.78 is 0. The van der Waals surface area contributed by atoms with E-state index in [9.17, 15) is 0 Å². The molecule has 2 heteroatoms. The first kappa shape index (κ1) is 19.2. The zero-order chi connectivity index (χ0) is 15.9. The molecule has 0 amide bonds. The third-order valence-corrected chi connectivity index (χ3v) is 4.36. The van der Waals surface area contributed by atoms with Crippen molar-refractivity contribution in [1.29, 1.82) is 0 Å². The van der Waals surface area contributed by atoms with Gasteiger partial charge >= 0.3 is 0 Å². The highest BCUT2D eigenvalue weighted by molar-refractivity contribution is 5.26. The fourth-order valence-corrected chi connectivity index (χ4v) is 2.89. The summed E-state index contributed by atoms with van der Waals surface area (Å²) in [6, 6.07) is 8.45. The third kappa shape index (κ3) is 9.22. The molecular weight excluding hydrogens is 268 g/mol. The van der Waals surface area contributed by atoms with Crippen molar-refractivity contribution >= 4 is 0 Å². The fourth-order valence-electron chi connectivity index (χ4n) is 2.89. The standard InChI is InChI=1S/C20H36N2/c1-2-3-4-5-6-7-8-9-10-13-16-22-18-20-15-12-11-14-19(20)17-21/h11-12,14-15,22H,2-10,13,16-18,21H2,1H3. The molecule has 0 unspecified atom stereocenters. The van der Waals surface area contributed by atoms with E-state index in [-0.39, 0.29) is 0 Å². The molecule has 0 aliphatic carbocycles. The van der Waals surface area contributed by atoms with Crippen LogP contribution in [0.15, 0.2) is 24.3 Å². The predicted octanol–water partition coefficient (Wildman–Crippen LogP) is 5.16. The van der Waals surface area contributed by atoms with E-state index in [4.69, 9.17) is 5.73 Å². The van der Waals surface area contributed by atoms with E-state index in [1.54, 1.807) is 0 Å². The number of nitrogens with two attached hydrogens (primary N) is 1. The van der Waals surface area contributed by atoms with Crippen molar-refractivity contribution in [1.82, 2.24) is 5.32 Å². The van der Waals surface area contributed by atoms with Gasteiger partial charge in [-0.2, -0.15) is 0 Å². The lowest BCUT2D eigenvalue weighted by Gasteiger charge is -2.09. The van der Waals surface area contributed by atoms with Crippen LogP contribution in [0, 0.1) is 0 Å². The molecule has 1 aromatic carbocycles. The first-order valence-electron chi connectivity index (χ1n) is 9.36. The number of rotatable bonds is 14. The highest BCUT2D eigenvalue weighted by Gasteiger charge is 1.99. The highest BCUT2D eigenvalue weighted by Crippen LogP contribution is 2.10. The van der Waals surface area contributed by atoms with E-state index in [2.05, 4.69) is 36.5 Å². The normalized spacial score (nSPS) is 11.0. The SMILES string of the molecule is CCCCCCCCCCCCNCc1ccccc1CN. The molecule has 0 aliphatic heterocycles. The summed E-state index contributed by atoms with van der Waals surface area (Å²) in [5.74, 6) is 0. The average Bonchev–Trinajstić information content (AvgIpc) is 2.56. The quantitative estimate of drug-likeness (QED) is 0.466. The molecule has 0 aliphatic rings. The van der Waals surface area contributed by atoms with E-state index in [1.165, 1.54) is 75.3 Å². The lowest BCUT2D eigenvalue weighted by atomic mass is 10.1. The Balaban J connectivity index is 1.89. The van der Waals surface area contributed by atoms with Crippen LogP contribution in [0.2, 0.25) is 0 Å². The van der Waals surface area contributed by atoms with Gasteiger partial charge in [0.1, 0.15) is 0 Å². The van der Waals surface area contributed by atoms with Crippen LogP contribution >= 0.6 is 0 Å². The van der Waals surface area contributed by atoms with Gasteiger partial charge in [-0.15, -0.1) is 0 Å². The van der Waals surface area contributed by atoms with E-state index in [0.29, 0.717) is 6.54 Å². The van der Waals surface area contributed by atoms with Gasteiger partial charge in [-0.3, -0.25) is 0 Å². The van der Waals surface area contributed by atoms with E-state index >= 15 is 0 Å². The summed E-state index contributed by atoms with van der Waals surface area (Å²) in [5, 5.41) is 3.55. The largest absolute Gasteiger partial charge is 0.326 e. The molecule has 0 aromatic heterocycles. The molecular formula is C20H36N2. The minimum Gasteiger partial charge on any atom is -0.326 e. The molecule has 0 heterocycles. The van der Waals surface area contributed by atoms with Crippen LogP contribution < -0.4 is 11.1 Å². The third-order valence-electron chi connectivity index (χ3n) is 4.36. The Bertz CT molecular complexity index is 362. The van der Waals surface area contributed by atoms with Crippen molar-refractivity contribution < 1.29 is 0 Å². The maximum absolute atomic E-state index is 5.76. The molecule has 0 atom stereocenters. The van der Waals surface area contributed by atoms with Gasteiger partial charge in [-0.1, -0.05) is 89.0 Å². The summed E-state index contributed by atoms with van der Waals surface area (Å²) >= 11 is 0. The smallest absolute Gasteiger partial charge is 0.0208 e. The molecule has 0 fully saturated rings. The van der Waals surface area contributed by atoms with Crippen LogP contribution in [0.1, 0.15) is 82.3 Å². The van der Waals surface area contributed by atoms with E-state index < -0.39 is 0 Å². The van der Waals surface area contributed by atoms with Crippen LogP contribution in [0.3, 0.4) is 0 Å². The maximum atomic E-state index is 5.76. The van der Waals surface area contributed by atoms with Crippen molar-refractivity contribution in [2.45, 2.75) is 84.2 Å². The van der Waals surface area contributed by atoms with Gasteiger partial charge in [0, 0.05) is 13.1 Å². The lowest BCUT2D eigenvalue weighted by Crippen LogP contribution is -2.16. The monoisotopic (exact) mass is 304 g/mol. The zero-order valence-corrected chi connectivity index (χ0v) is 14.6. The lowest BCUT2D eigenvalue weighted by molar-refractivity contribution is 0.543. The highest BCUT2D eigenvalue weighted by atomic mass is 14.8. The molecule has 0 saturated carbocycles. The maximum Gasteiger partial charge on any atom is 0.0208 e. The van der Waals surface area contributed by atoms with Crippen molar-refractivity contribution in [3.63, 3.8) is 0 Å². The molecule has 22 heavy (non-hydrogen) atoms. The van der Waals surface area contributed by atoms with Gasteiger partial charge in [-0.25, -0.2) is 0 Å².